The van der Waals surface area contributed by atoms with E-state index in [4.69, 9.17) is 34.7 Å². The summed E-state index contributed by atoms with van der Waals surface area (Å²) in [6.07, 6.45) is -1.33. The van der Waals surface area contributed by atoms with Crippen molar-refractivity contribution in [1.29, 1.82) is 0 Å². The molecule has 0 saturated carbocycles. The van der Waals surface area contributed by atoms with Crippen LogP contribution in [0.4, 0.5) is 13.2 Å². The molecule has 0 saturated heterocycles. The van der Waals surface area contributed by atoms with E-state index in [0.29, 0.717) is 20.9 Å². The lowest BCUT2D eigenvalue weighted by Crippen LogP contribution is -2.52. The molecule has 1 aliphatic carbocycles. The number of benzene rings is 1. The first-order valence-electron chi connectivity index (χ1n) is 7.07. The van der Waals surface area contributed by atoms with Gasteiger partial charge in [-0.1, -0.05) is 41.4 Å². The Morgan fingerprint density at radius 1 is 1.20 bits per heavy atom. The molecule has 4 N–H and O–H groups in total. The zero-order valence-electron chi connectivity index (χ0n) is 12.5. The molecule has 0 aliphatic heterocycles. The maximum Gasteiger partial charge on any atom is 0.573 e. The fraction of sp³-hybridized carbons (Fsp3) is 0.188. The summed E-state index contributed by atoms with van der Waals surface area (Å²) in [5.41, 5.74) is 11.6. The van der Waals surface area contributed by atoms with Gasteiger partial charge in [-0.2, -0.15) is 0 Å². The van der Waals surface area contributed by atoms with Gasteiger partial charge in [0, 0.05) is 5.39 Å². The molecular weight excluding hydrogens is 378 g/mol. The van der Waals surface area contributed by atoms with Crippen LogP contribution in [-0.4, -0.2) is 17.4 Å². The Kier molecular flexibility index (Phi) is 4.45. The topological polar surface area (TPSA) is 74.2 Å². The molecule has 25 heavy (non-hydrogen) atoms. The van der Waals surface area contributed by atoms with Crippen LogP contribution in [0.5, 0.6) is 0 Å². The second-order valence-corrected chi connectivity index (χ2v) is 6.35. The molecule has 1 aliphatic rings. The summed E-state index contributed by atoms with van der Waals surface area (Å²) < 4.78 is 40.9. The number of nitrogens with zero attached hydrogens (tertiary/aromatic N) is 1. The number of fused-ring (bicyclic) bond motifs is 1. The van der Waals surface area contributed by atoms with Crippen LogP contribution in [0.25, 0.3) is 10.9 Å². The van der Waals surface area contributed by atoms with Crippen molar-refractivity contribution in [2.75, 3.05) is 0 Å². The van der Waals surface area contributed by atoms with Crippen LogP contribution in [0.1, 0.15) is 5.69 Å². The lowest BCUT2D eigenvalue weighted by Gasteiger charge is -2.33. The maximum atomic E-state index is 12.3. The second kappa shape index (κ2) is 6.17. The predicted octanol–water partition coefficient (Wildman–Crippen LogP) is 4.01. The third-order valence-corrected chi connectivity index (χ3v) is 4.45. The van der Waals surface area contributed by atoms with Crippen LogP contribution in [0.2, 0.25) is 10.0 Å². The molecule has 3 rings (SSSR count). The van der Waals surface area contributed by atoms with Gasteiger partial charge < -0.3 is 16.2 Å². The van der Waals surface area contributed by atoms with Gasteiger partial charge in [0.15, 0.2) is 0 Å². The SMILES string of the molecule is NC1C=C(OC(F)(F)F)C=CC1(N)c1cc(Cl)c2cccc(Cl)c2n1. The number of ether oxygens (including phenoxy) is 1. The number of rotatable bonds is 2. The van der Waals surface area contributed by atoms with Crippen molar-refractivity contribution >= 4 is 34.1 Å². The first kappa shape index (κ1) is 18.0. The minimum Gasteiger partial charge on any atom is -0.406 e. The van der Waals surface area contributed by atoms with Gasteiger partial charge in [0.25, 0.3) is 0 Å². The molecule has 2 atom stereocenters. The average Bonchev–Trinajstić information content (AvgIpc) is 2.50. The van der Waals surface area contributed by atoms with Crippen molar-refractivity contribution in [3.8, 4) is 0 Å². The quantitative estimate of drug-likeness (QED) is 0.813. The highest BCUT2D eigenvalue weighted by Crippen LogP contribution is 2.35. The highest BCUT2D eigenvalue weighted by molar-refractivity contribution is 6.39. The number of para-hydroxylation sites is 1. The molecule has 132 valence electrons. The van der Waals surface area contributed by atoms with Crippen molar-refractivity contribution in [1.82, 2.24) is 4.98 Å². The predicted molar refractivity (Wildman–Crippen MR) is 90.0 cm³/mol. The first-order valence-corrected chi connectivity index (χ1v) is 7.82. The smallest absolute Gasteiger partial charge is 0.406 e. The molecule has 1 heterocycles. The zero-order chi connectivity index (χ0) is 18.4. The van der Waals surface area contributed by atoms with Crippen molar-refractivity contribution in [3.63, 3.8) is 0 Å². The molecule has 2 unspecified atom stereocenters. The van der Waals surface area contributed by atoms with Gasteiger partial charge in [0.1, 0.15) is 5.76 Å². The molecule has 0 amide bonds. The molecule has 1 aromatic heterocycles. The molecule has 1 aromatic carbocycles. The number of pyridine rings is 1. The highest BCUT2D eigenvalue weighted by Gasteiger charge is 2.38. The van der Waals surface area contributed by atoms with Crippen molar-refractivity contribution in [2.45, 2.75) is 17.9 Å². The number of alkyl halides is 3. The first-order chi connectivity index (χ1) is 11.6. The van der Waals surface area contributed by atoms with Crippen LogP contribution in [0.3, 0.4) is 0 Å². The van der Waals surface area contributed by atoms with E-state index in [-0.39, 0.29) is 5.69 Å². The van der Waals surface area contributed by atoms with Gasteiger partial charge in [0.2, 0.25) is 0 Å². The lowest BCUT2D eigenvalue weighted by atomic mass is 9.83. The Morgan fingerprint density at radius 3 is 2.56 bits per heavy atom. The van der Waals surface area contributed by atoms with Gasteiger partial charge in [-0.15, -0.1) is 13.2 Å². The molecule has 9 heteroatoms. The summed E-state index contributed by atoms with van der Waals surface area (Å²) >= 11 is 12.4. The molecular formula is C16H12Cl2F3N3O. The standard InChI is InChI=1S/C16H12Cl2F3N3O/c17-10-3-1-2-9-11(18)7-13(24-14(9)10)15(23)5-4-8(6-12(15)22)25-16(19,20)21/h1-7,12H,22-23H2. The number of aromatic nitrogens is 1. The third-order valence-electron chi connectivity index (χ3n) is 3.84. The van der Waals surface area contributed by atoms with E-state index in [0.717, 1.165) is 12.2 Å². The second-order valence-electron chi connectivity index (χ2n) is 5.53. The summed E-state index contributed by atoms with van der Waals surface area (Å²) in [5.74, 6) is -0.439. The number of allylic oxidation sites excluding steroid dienone is 1. The highest BCUT2D eigenvalue weighted by atomic mass is 35.5. The molecule has 0 fully saturated rings. The van der Waals surface area contributed by atoms with Crippen LogP contribution >= 0.6 is 23.2 Å². The van der Waals surface area contributed by atoms with Crippen molar-refractivity contribution < 1.29 is 17.9 Å². The number of halogens is 5. The van der Waals surface area contributed by atoms with E-state index in [2.05, 4.69) is 9.72 Å². The van der Waals surface area contributed by atoms with Crippen LogP contribution in [0, 0.1) is 0 Å². The van der Waals surface area contributed by atoms with E-state index < -0.39 is 23.7 Å². The van der Waals surface area contributed by atoms with Gasteiger partial charge >= 0.3 is 6.36 Å². The van der Waals surface area contributed by atoms with E-state index in [9.17, 15) is 13.2 Å². The number of hydrogen-bond donors (Lipinski definition) is 2. The summed E-state index contributed by atoms with van der Waals surface area (Å²) in [6, 6.07) is 5.62. The van der Waals surface area contributed by atoms with Crippen LogP contribution in [-0.2, 0) is 10.3 Å². The fourth-order valence-electron chi connectivity index (χ4n) is 2.55. The summed E-state index contributed by atoms with van der Waals surface area (Å²) in [6.45, 7) is 0. The Hall–Kier alpha value is -1.80. The number of hydrogen-bond acceptors (Lipinski definition) is 4. The minimum absolute atomic E-state index is 0.282. The van der Waals surface area contributed by atoms with Gasteiger partial charge in [-0.25, -0.2) is 4.98 Å². The molecule has 0 spiro atoms. The van der Waals surface area contributed by atoms with E-state index >= 15 is 0 Å². The van der Waals surface area contributed by atoms with Crippen molar-refractivity contribution in [3.05, 3.63) is 64.0 Å². The Bertz CT molecular complexity index is 898. The maximum absolute atomic E-state index is 12.3. The fourth-order valence-corrected chi connectivity index (χ4v) is 3.03. The summed E-state index contributed by atoms with van der Waals surface area (Å²) in [4.78, 5) is 4.42. The molecule has 2 aromatic rings. The molecule has 4 nitrogen and oxygen atoms in total. The van der Waals surface area contributed by atoms with Gasteiger partial charge in [0.05, 0.1) is 32.8 Å². The average molecular weight is 390 g/mol. The monoisotopic (exact) mass is 389 g/mol. The molecule has 0 radical (unpaired) electrons. The van der Waals surface area contributed by atoms with Crippen molar-refractivity contribution in [2.24, 2.45) is 11.5 Å². The summed E-state index contributed by atoms with van der Waals surface area (Å²) in [7, 11) is 0. The van der Waals surface area contributed by atoms with E-state index in [1.807, 2.05) is 0 Å². The van der Waals surface area contributed by atoms with Gasteiger partial charge in [-0.05, 0) is 24.3 Å². The Balaban J connectivity index is 2.04. The van der Waals surface area contributed by atoms with E-state index in [1.54, 1.807) is 18.2 Å². The van der Waals surface area contributed by atoms with Gasteiger partial charge in [-0.3, -0.25) is 0 Å². The van der Waals surface area contributed by atoms with Crippen LogP contribution < -0.4 is 11.5 Å². The minimum atomic E-state index is -4.82. The lowest BCUT2D eigenvalue weighted by molar-refractivity contribution is -0.303. The summed E-state index contributed by atoms with van der Waals surface area (Å²) in [5, 5.41) is 1.36. The Morgan fingerprint density at radius 2 is 1.92 bits per heavy atom. The Labute approximate surface area is 150 Å². The number of nitrogens with two attached hydrogens (primary N) is 2. The van der Waals surface area contributed by atoms with E-state index in [1.165, 1.54) is 12.1 Å². The van der Waals surface area contributed by atoms with Crippen LogP contribution in [0.15, 0.2) is 48.3 Å². The zero-order valence-corrected chi connectivity index (χ0v) is 14.0. The normalized spacial score (nSPS) is 23.6. The largest absolute Gasteiger partial charge is 0.573 e. The molecule has 0 bridgehead atoms. The third kappa shape index (κ3) is 3.46.